The standard InChI is InChI=1S/C17H25N3O2S/c1-4-6-11-20-13-8-7-9-18-16(13)23-14(17(20)22)12-15(21)19(3)10-5-2/h7-9,14H,4-6,10-12H2,1-3H3/t14-/m1/s1. The molecule has 2 amide bonds. The number of unbranched alkanes of at least 4 members (excludes halogenated alkanes) is 1. The van der Waals surface area contributed by atoms with Crippen LogP contribution in [0.2, 0.25) is 0 Å². The van der Waals surface area contributed by atoms with Crippen LogP contribution in [0.15, 0.2) is 23.4 Å². The van der Waals surface area contributed by atoms with Gasteiger partial charge in [0.25, 0.3) is 0 Å². The van der Waals surface area contributed by atoms with Gasteiger partial charge in [0.05, 0.1) is 10.9 Å². The van der Waals surface area contributed by atoms with Gasteiger partial charge < -0.3 is 9.80 Å². The monoisotopic (exact) mass is 335 g/mol. The number of aromatic nitrogens is 1. The number of nitrogens with zero attached hydrogens (tertiary/aromatic N) is 3. The topological polar surface area (TPSA) is 53.5 Å². The molecule has 1 aromatic rings. The van der Waals surface area contributed by atoms with Crippen LogP contribution in [-0.2, 0) is 9.59 Å². The first-order valence-corrected chi connectivity index (χ1v) is 9.13. The first-order chi connectivity index (χ1) is 11.1. The highest BCUT2D eigenvalue weighted by Gasteiger charge is 2.35. The fraction of sp³-hybridized carbons (Fsp3) is 0.588. The van der Waals surface area contributed by atoms with E-state index in [9.17, 15) is 9.59 Å². The summed E-state index contributed by atoms with van der Waals surface area (Å²) in [6.07, 6.45) is 4.86. The van der Waals surface area contributed by atoms with E-state index in [0.717, 1.165) is 36.5 Å². The molecule has 0 unspecified atom stereocenters. The molecule has 1 aliphatic rings. The molecule has 0 radical (unpaired) electrons. The van der Waals surface area contributed by atoms with Crippen LogP contribution in [0.25, 0.3) is 0 Å². The molecule has 6 heteroatoms. The highest BCUT2D eigenvalue weighted by Crippen LogP contribution is 2.38. The van der Waals surface area contributed by atoms with Crippen molar-refractivity contribution in [2.75, 3.05) is 25.0 Å². The Morgan fingerprint density at radius 2 is 2.17 bits per heavy atom. The van der Waals surface area contributed by atoms with E-state index >= 15 is 0 Å². The number of hydrogen-bond acceptors (Lipinski definition) is 4. The van der Waals surface area contributed by atoms with Crippen molar-refractivity contribution < 1.29 is 9.59 Å². The Balaban J connectivity index is 2.16. The molecule has 0 saturated heterocycles. The number of rotatable bonds is 7. The molecule has 2 heterocycles. The fourth-order valence-corrected chi connectivity index (χ4v) is 3.75. The number of anilines is 1. The smallest absolute Gasteiger partial charge is 0.241 e. The van der Waals surface area contributed by atoms with Gasteiger partial charge in [-0.05, 0) is 25.0 Å². The van der Waals surface area contributed by atoms with E-state index in [2.05, 4.69) is 11.9 Å². The zero-order chi connectivity index (χ0) is 16.8. The molecule has 5 nitrogen and oxygen atoms in total. The summed E-state index contributed by atoms with van der Waals surface area (Å²) in [6, 6.07) is 3.79. The predicted octanol–water partition coefficient (Wildman–Crippen LogP) is 2.95. The van der Waals surface area contributed by atoms with Gasteiger partial charge in [-0.2, -0.15) is 0 Å². The van der Waals surface area contributed by atoms with Crippen LogP contribution in [0.4, 0.5) is 5.69 Å². The van der Waals surface area contributed by atoms with Crippen LogP contribution in [0.3, 0.4) is 0 Å². The molecule has 0 bridgehead atoms. The highest BCUT2D eigenvalue weighted by atomic mass is 32.2. The molecule has 126 valence electrons. The first-order valence-electron chi connectivity index (χ1n) is 8.25. The van der Waals surface area contributed by atoms with E-state index in [0.29, 0.717) is 6.54 Å². The minimum atomic E-state index is -0.374. The van der Waals surface area contributed by atoms with Crippen LogP contribution in [0.5, 0.6) is 0 Å². The van der Waals surface area contributed by atoms with E-state index in [1.807, 2.05) is 19.1 Å². The van der Waals surface area contributed by atoms with Gasteiger partial charge >= 0.3 is 0 Å². The van der Waals surface area contributed by atoms with E-state index in [-0.39, 0.29) is 23.5 Å². The molecule has 1 aromatic heterocycles. The molecule has 0 aromatic carbocycles. The molecule has 0 aliphatic carbocycles. The second-order valence-corrected chi connectivity index (χ2v) is 6.99. The van der Waals surface area contributed by atoms with E-state index in [4.69, 9.17) is 0 Å². The van der Waals surface area contributed by atoms with Gasteiger partial charge in [0.15, 0.2) is 0 Å². The number of thioether (sulfide) groups is 1. The van der Waals surface area contributed by atoms with Gasteiger partial charge in [0.2, 0.25) is 11.8 Å². The lowest BCUT2D eigenvalue weighted by molar-refractivity contribution is -0.131. The lowest BCUT2D eigenvalue weighted by Gasteiger charge is -2.33. The second kappa shape index (κ2) is 8.34. The summed E-state index contributed by atoms with van der Waals surface area (Å²) in [5.74, 6) is 0.0507. The maximum absolute atomic E-state index is 12.8. The largest absolute Gasteiger partial charge is 0.346 e. The average Bonchev–Trinajstić information content (AvgIpc) is 2.55. The number of pyridine rings is 1. The Bertz CT molecular complexity index is 565. The summed E-state index contributed by atoms with van der Waals surface area (Å²) >= 11 is 1.42. The molecule has 0 N–H and O–H groups in total. The van der Waals surface area contributed by atoms with Crippen LogP contribution in [0, 0.1) is 0 Å². The number of carbonyl (C=O) groups is 2. The molecule has 2 rings (SSSR count). The van der Waals surface area contributed by atoms with Crippen molar-refractivity contribution in [1.29, 1.82) is 0 Å². The number of amides is 2. The first kappa shape index (κ1) is 17.8. The maximum atomic E-state index is 12.8. The Morgan fingerprint density at radius 3 is 2.87 bits per heavy atom. The third kappa shape index (κ3) is 4.25. The van der Waals surface area contributed by atoms with Gasteiger partial charge in [0, 0.05) is 32.8 Å². The van der Waals surface area contributed by atoms with E-state index in [1.165, 1.54) is 11.8 Å². The highest BCUT2D eigenvalue weighted by molar-refractivity contribution is 8.00. The van der Waals surface area contributed by atoms with Gasteiger partial charge in [-0.15, -0.1) is 0 Å². The van der Waals surface area contributed by atoms with Crippen molar-refractivity contribution in [3.8, 4) is 0 Å². The molecule has 1 atom stereocenters. The summed E-state index contributed by atoms with van der Waals surface area (Å²) in [5.41, 5.74) is 0.876. The van der Waals surface area contributed by atoms with Crippen molar-refractivity contribution >= 4 is 29.3 Å². The summed E-state index contributed by atoms with van der Waals surface area (Å²) in [4.78, 5) is 33.0. The lowest BCUT2D eigenvalue weighted by atomic mass is 10.2. The van der Waals surface area contributed by atoms with E-state index in [1.54, 1.807) is 23.0 Å². The Labute approximate surface area is 142 Å². The van der Waals surface area contributed by atoms with Crippen molar-refractivity contribution in [1.82, 2.24) is 9.88 Å². The van der Waals surface area contributed by atoms with Gasteiger partial charge in [0.1, 0.15) is 5.03 Å². The molecule has 23 heavy (non-hydrogen) atoms. The quantitative estimate of drug-likeness (QED) is 0.769. The third-order valence-corrected chi connectivity index (χ3v) is 5.11. The zero-order valence-electron chi connectivity index (χ0n) is 14.1. The van der Waals surface area contributed by atoms with Crippen molar-refractivity contribution in [2.45, 2.75) is 49.8 Å². The van der Waals surface area contributed by atoms with Crippen molar-refractivity contribution in [3.63, 3.8) is 0 Å². The summed E-state index contributed by atoms with van der Waals surface area (Å²) in [7, 11) is 1.80. The van der Waals surface area contributed by atoms with Crippen molar-refractivity contribution in [2.24, 2.45) is 0 Å². The minimum absolute atomic E-state index is 0.0209. The minimum Gasteiger partial charge on any atom is -0.346 e. The van der Waals surface area contributed by atoms with Gasteiger partial charge in [-0.1, -0.05) is 32.0 Å². The number of fused-ring (bicyclic) bond motifs is 1. The summed E-state index contributed by atoms with van der Waals surface area (Å²) in [5, 5.41) is 0.472. The van der Waals surface area contributed by atoms with Crippen LogP contribution in [0.1, 0.15) is 39.5 Å². The van der Waals surface area contributed by atoms with Gasteiger partial charge in [-0.3, -0.25) is 9.59 Å². The Kier molecular flexibility index (Phi) is 6.45. The zero-order valence-corrected chi connectivity index (χ0v) is 14.9. The molecular weight excluding hydrogens is 310 g/mol. The molecule has 1 aliphatic heterocycles. The normalized spacial score (nSPS) is 17.1. The third-order valence-electron chi connectivity index (χ3n) is 3.92. The SMILES string of the molecule is CCCCN1C(=O)[C@@H](CC(=O)N(C)CCC)Sc2ncccc21. The maximum Gasteiger partial charge on any atom is 0.241 e. The summed E-state index contributed by atoms with van der Waals surface area (Å²) in [6.45, 7) is 5.55. The van der Waals surface area contributed by atoms with Gasteiger partial charge in [-0.25, -0.2) is 4.98 Å². The lowest BCUT2D eigenvalue weighted by Crippen LogP contribution is -2.44. The average molecular weight is 335 g/mol. The fourth-order valence-electron chi connectivity index (χ4n) is 2.61. The van der Waals surface area contributed by atoms with Crippen LogP contribution >= 0.6 is 11.8 Å². The van der Waals surface area contributed by atoms with E-state index < -0.39 is 0 Å². The van der Waals surface area contributed by atoms with Crippen molar-refractivity contribution in [3.05, 3.63) is 18.3 Å². The van der Waals surface area contributed by atoms with Crippen LogP contribution in [-0.4, -0.2) is 47.1 Å². The van der Waals surface area contributed by atoms with Crippen LogP contribution < -0.4 is 4.90 Å². The predicted molar refractivity (Wildman–Crippen MR) is 93.7 cm³/mol. The second-order valence-electron chi connectivity index (χ2n) is 5.80. The Hall–Kier alpha value is -1.56. The number of carbonyl (C=O) groups excluding carboxylic acids is 2. The summed E-state index contributed by atoms with van der Waals surface area (Å²) < 4.78 is 0. The Morgan fingerprint density at radius 1 is 1.39 bits per heavy atom. The molecular formula is C17H25N3O2S. The number of hydrogen-bond donors (Lipinski definition) is 0. The molecule has 0 fully saturated rings. The molecule has 0 spiro atoms. The molecule has 0 saturated carbocycles.